The molecule has 128 valence electrons. The third-order valence-corrected chi connectivity index (χ3v) is 4.27. The van der Waals surface area contributed by atoms with E-state index in [9.17, 15) is 14.3 Å². The number of nitrogens with zero attached hydrogens (tertiary/aromatic N) is 1. The molecule has 0 saturated carbocycles. The molecular formula is C17H25FN2O3. The Kier molecular flexibility index (Phi) is 6.80. The molecule has 1 aliphatic rings. The Morgan fingerprint density at radius 2 is 2.17 bits per heavy atom. The van der Waals surface area contributed by atoms with Gasteiger partial charge in [0.15, 0.2) is 0 Å². The van der Waals surface area contributed by atoms with Crippen molar-refractivity contribution in [2.24, 2.45) is 5.92 Å². The molecule has 6 heteroatoms. The van der Waals surface area contributed by atoms with E-state index in [-0.39, 0.29) is 24.4 Å². The monoisotopic (exact) mass is 324 g/mol. The molecule has 2 atom stereocenters. The van der Waals surface area contributed by atoms with Gasteiger partial charge in [-0.25, -0.2) is 4.39 Å². The Bertz CT molecular complexity index is 495. The van der Waals surface area contributed by atoms with Crippen LogP contribution in [0.1, 0.15) is 19.8 Å². The zero-order valence-electron chi connectivity index (χ0n) is 13.5. The molecule has 2 rings (SSSR count). The molecule has 2 N–H and O–H groups in total. The van der Waals surface area contributed by atoms with Gasteiger partial charge in [0.1, 0.15) is 18.2 Å². The smallest absolute Gasteiger partial charge is 0.234 e. The number of likely N-dealkylation sites (tertiary alicyclic amines) is 1. The van der Waals surface area contributed by atoms with E-state index in [4.69, 9.17) is 4.74 Å². The minimum absolute atomic E-state index is 0.0602. The summed E-state index contributed by atoms with van der Waals surface area (Å²) in [7, 11) is 0. The first-order valence-corrected chi connectivity index (χ1v) is 8.10. The van der Waals surface area contributed by atoms with E-state index in [0.717, 1.165) is 19.4 Å². The van der Waals surface area contributed by atoms with Crippen LogP contribution in [0.25, 0.3) is 0 Å². The highest BCUT2D eigenvalue weighted by atomic mass is 19.1. The quantitative estimate of drug-likeness (QED) is 0.745. The van der Waals surface area contributed by atoms with Gasteiger partial charge in [0, 0.05) is 6.04 Å². The topological polar surface area (TPSA) is 61.8 Å². The number of piperidine rings is 1. The van der Waals surface area contributed by atoms with Crippen molar-refractivity contribution in [1.29, 1.82) is 0 Å². The van der Waals surface area contributed by atoms with Crippen LogP contribution in [-0.2, 0) is 4.79 Å². The van der Waals surface area contributed by atoms with Crippen LogP contribution < -0.4 is 10.1 Å². The van der Waals surface area contributed by atoms with Crippen LogP contribution >= 0.6 is 0 Å². The highest BCUT2D eigenvalue weighted by Gasteiger charge is 2.28. The van der Waals surface area contributed by atoms with Crippen molar-refractivity contribution in [1.82, 2.24) is 10.2 Å². The molecule has 1 saturated heterocycles. The standard InChI is InChI=1S/C17H25FN2O3/c1-13-3-2-9-20(16(13)12-21)11-17(22)19-8-10-23-15-6-4-14(18)5-7-15/h4-7,13,16,21H,2-3,8-12H2,1H3,(H,19,22). The van der Waals surface area contributed by atoms with E-state index in [1.54, 1.807) is 12.1 Å². The highest BCUT2D eigenvalue weighted by Crippen LogP contribution is 2.22. The third kappa shape index (κ3) is 5.48. The first-order chi connectivity index (χ1) is 11.1. The number of aliphatic hydroxyl groups is 1. The van der Waals surface area contributed by atoms with Crippen molar-refractivity contribution < 1.29 is 19.0 Å². The summed E-state index contributed by atoms with van der Waals surface area (Å²) in [5.74, 6) is 0.606. The van der Waals surface area contributed by atoms with E-state index in [2.05, 4.69) is 12.2 Å². The number of hydrogen-bond donors (Lipinski definition) is 2. The number of ether oxygens (including phenoxy) is 1. The summed E-state index contributed by atoms with van der Waals surface area (Å²) in [6, 6.07) is 5.84. The van der Waals surface area contributed by atoms with Crippen molar-refractivity contribution >= 4 is 5.91 Å². The first-order valence-electron chi connectivity index (χ1n) is 8.10. The Morgan fingerprint density at radius 1 is 1.43 bits per heavy atom. The van der Waals surface area contributed by atoms with Gasteiger partial charge >= 0.3 is 0 Å². The van der Waals surface area contributed by atoms with Crippen LogP contribution in [-0.4, -0.2) is 54.8 Å². The number of benzene rings is 1. The lowest BCUT2D eigenvalue weighted by molar-refractivity contribution is -0.124. The number of hydrogen-bond acceptors (Lipinski definition) is 4. The lowest BCUT2D eigenvalue weighted by Crippen LogP contribution is -2.50. The van der Waals surface area contributed by atoms with Gasteiger partial charge in [-0.3, -0.25) is 9.69 Å². The van der Waals surface area contributed by atoms with Gasteiger partial charge in [-0.2, -0.15) is 0 Å². The molecule has 0 bridgehead atoms. The van der Waals surface area contributed by atoms with Crippen LogP contribution in [0.3, 0.4) is 0 Å². The molecule has 1 fully saturated rings. The average Bonchev–Trinajstić information content (AvgIpc) is 2.53. The van der Waals surface area contributed by atoms with E-state index in [1.807, 2.05) is 4.90 Å². The molecule has 1 amide bonds. The van der Waals surface area contributed by atoms with Crippen molar-refractivity contribution in [3.8, 4) is 5.75 Å². The average molecular weight is 324 g/mol. The summed E-state index contributed by atoms with van der Waals surface area (Å²) in [5.41, 5.74) is 0. The van der Waals surface area contributed by atoms with Crippen LogP contribution in [0.15, 0.2) is 24.3 Å². The molecule has 2 unspecified atom stereocenters. The number of rotatable bonds is 7. The minimum atomic E-state index is -0.306. The zero-order chi connectivity index (χ0) is 16.7. The number of nitrogens with one attached hydrogen (secondary N) is 1. The normalized spacial score (nSPS) is 21.9. The molecule has 1 aromatic rings. The number of carbonyl (C=O) groups is 1. The summed E-state index contributed by atoms with van der Waals surface area (Å²) in [6.07, 6.45) is 2.15. The molecule has 0 aliphatic carbocycles. The zero-order valence-corrected chi connectivity index (χ0v) is 13.5. The van der Waals surface area contributed by atoms with Crippen molar-refractivity contribution in [2.45, 2.75) is 25.8 Å². The molecule has 23 heavy (non-hydrogen) atoms. The summed E-state index contributed by atoms with van der Waals surface area (Å²) in [4.78, 5) is 14.0. The predicted molar refractivity (Wildman–Crippen MR) is 85.7 cm³/mol. The van der Waals surface area contributed by atoms with E-state index >= 15 is 0 Å². The maximum atomic E-state index is 12.8. The second-order valence-electron chi connectivity index (χ2n) is 5.99. The maximum Gasteiger partial charge on any atom is 0.234 e. The Labute approximate surface area is 136 Å². The maximum absolute atomic E-state index is 12.8. The van der Waals surface area contributed by atoms with Gasteiger partial charge in [0.2, 0.25) is 5.91 Å². The molecule has 1 heterocycles. The largest absolute Gasteiger partial charge is 0.492 e. The van der Waals surface area contributed by atoms with Crippen molar-refractivity contribution in [3.05, 3.63) is 30.1 Å². The predicted octanol–water partition coefficient (Wildman–Crippen LogP) is 1.41. The summed E-state index contributed by atoms with van der Waals surface area (Å²) < 4.78 is 18.2. The van der Waals surface area contributed by atoms with Gasteiger partial charge in [0.05, 0.1) is 19.7 Å². The Balaban J connectivity index is 1.67. The lowest BCUT2D eigenvalue weighted by Gasteiger charge is -2.38. The summed E-state index contributed by atoms with van der Waals surface area (Å²) in [6.45, 7) is 4.06. The SMILES string of the molecule is CC1CCCN(CC(=O)NCCOc2ccc(F)cc2)C1CO. The minimum Gasteiger partial charge on any atom is -0.492 e. The number of amides is 1. The van der Waals surface area contributed by atoms with E-state index in [1.165, 1.54) is 12.1 Å². The van der Waals surface area contributed by atoms with E-state index < -0.39 is 0 Å². The van der Waals surface area contributed by atoms with Crippen LogP contribution in [0.2, 0.25) is 0 Å². The first kappa shape index (κ1) is 17.7. The highest BCUT2D eigenvalue weighted by molar-refractivity contribution is 5.78. The fourth-order valence-electron chi connectivity index (χ4n) is 2.96. The molecule has 5 nitrogen and oxygen atoms in total. The van der Waals surface area contributed by atoms with E-state index in [0.29, 0.717) is 31.4 Å². The number of aliphatic hydroxyl groups excluding tert-OH is 1. The molecule has 0 aromatic heterocycles. The lowest BCUT2D eigenvalue weighted by atomic mass is 9.91. The van der Waals surface area contributed by atoms with Crippen molar-refractivity contribution in [2.75, 3.05) is 32.8 Å². The second-order valence-corrected chi connectivity index (χ2v) is 5.99. The van der Waals surface area contributed by atoms with Crippen molar-refractivity contribution in [3.63, 3.8) is 0 Å². The van der Waals surface area contributed by atoms with Crippen LogP contribution in [0.5, 0.6) is 5.75 Å². The van der Waals surface area contributed by atoms with Gasteiger partial charge < -0.3 is 15.2 Å². The number of carbonyl (C=O) groups excluding carboxylic acids is 1. The second kappa shape index (κ2) is 8.84. The van der Waals surface area contributed by atoms with Crippen LogP contribution in [0, 0.1) is 11.7 Å². The van der Waals surface area contributed by atoms with Gasteiger partial charge in [-0.05, 0) is 49.6 Å². The molecular weight excluding hydrogens is 299 g/mol. The molecule has 0 radical (unpaired) electrons. The van der Waals surface area contributed by atoms with Gasteiger partial charge in [-0.15, -0.1) is 0 Å². The third-order valence-electron chi connectivity index (χ3n) is 4.27. The van der Waals surface area contributed by atoms with Gasteiger partial charge in [0.25, 0.3) is 0 Å². The Hall–Kier alpha value is -1.66. The fraction of sp³-hybridized carbons (Fsp3) is 0.588. The number of halogens is 1. The molecule has 0 spiro atoms. The fourth-order valence-corrected chi connectivity index (χ4v) is 2.96. The van der Waals surface area contributed by atoms with Gasteiger partial charge in [-0.1, -0.05) is 6.92 Å². The van der Waals surface area contributed by atoms with Crippen LogP contribution in [0.4, 0.5) is 4.39 Å². The summed E-state index contributed by atoms with van der Waals surface area (Å²) in [5, 5.41) is 12.3. The molecule has 1 aromatic carbocycles. The summed E-state index contributed by atoms with van der Waals surface area (Å²) >= 11 is 0. The Morgan fingerprint density at radius 3 is 2.87 bits per heavy atom. The molecule has 1 aliphatic heterocycles.